The molecule has 0 atom stereocenters. The molecule has 0 bridgehead atoms. The molecule has 0 amide bonds. The molecule has 110 valence electrons. The summed E-state index contributed by atoms with van der Waals surface area (Å²) in [7, 11) is 0. The number of ether oxygens (including phenoxy) is 1. The van der Waals surface area contributed by atoms with Gasteiger partial charge in [-0.15, -0.1) is 0 Å². The molecule has 0 spiro atoms. The first-order chi connectivity index (χ1) is 10.1. The van der Waals surface area contributed by atoms with Crippen LogP contribution in [0.4, 0.5) is 0 Å². The molecule has 0 N–H and O–H groups in total. The van der Waals surface area contributed by atoms with E-state index < -0.39 is 0 Å². The summed E-state index contributed by atoms with van der Waals surface area (Å²) < 4.78 is 7.03. The van der Waals surface area contributed by atoms with Crippen LogP contribution in [0.25, 0.3) is 11.3 Å². The van der Waals surface area contributed by atoms with Gasteiger partial charge in [0.25, 0.3) is 5.56 Å². The molecule has 1 heterocycles. The zero-order chi connectivity index (χ0) is 15.4. The van der Waals surface area contributed by atoms with Gasteiger partial charge in [0.05, 0.1) is 17.9 Å². The largest absolute Gasteiger partial charge is 0.494 e. The van der Waals surface area contributed by atoms with Gasteiger partial charge in [-0.1, -0.05) is 0 Å². The average molecular weight is 285 g/mol. The Morgan fingerprint density at radius 3 is 2.29 bits per heavy atom. The van der Waals surface area contributed by atoms with Crippen LogP contribution in [-0.2, 0) is 6.54 Å². The lowest BCUT2D eigenvalue weighted by molar-refractivity contribution is 0.101. The Labute approximate surface area is 124 Å². The number of hydrogen-bond acceptors (Lipinski definition) is 3. The topological polar surface area (TPSA) is 48.3 Å². The van der Waals surface area contributed by atoms with Gasteiger partial charge in [-0.2, -0.15) is 0 Å². The number of carbonyl (C=O) groups excluding carboxylic acids is 1. The second kappa shape index (κ2) is 6.39. The van der Waals surface area contributed by atoms with E-state index in [2.05, 4.69) is 0 Å². The predicted octanol–water partition coefficient (Wildman–Crippen LogP) is 3.14. The third-order valence-electron chi connectivity index (χ3n) is 3.33. The van der Waals surface area contributed by atoms with Crippen LogP contribution >= 0.6 is 0 Å². The minimum Gasteiger partial charge on any atom is -0.494 e. The first-order valence-corrected chi connectivity index (χ1v) is 7.06. The molecule has 2 rings (SSSR count). The molecule has 0 aliphatic carbocycles. The quantitative estimate of drug-likeness (QED) is 0.793. The normalized spacial score (nSPS) is 10.4. The van der Waals surface area contributed by atoms with Gasteiger partial charge < -0.3 is 9.30 Å². The summed E-state index contributed by atoms with van der Waals surface area (Å²) in [5, 5.41) is 0. The van der Waals surface area contributed by atoms with E-state index in [1.807, 2.05) is 44.2 Å². The number of aromatic nitrogens is 1. The third kappa shape index (κ3) is 3.05. The Hall–Kier alpha value is -2.36. The molecule has 0 fully saturated rings. The maximum absolute atomic E-state index is 12.3. The predicted molar refractivity (Wildman–Crippen MR) is 83.0 cm³/mol. The van der Waals surface area contributed by atoms with Crippen LogP contribution in [0, 0.1) is 0 Å². The number of ketones is 1. The van der Waals surface area contributed by atoms with E-state index in [-0.39, 0.29) is 16.9 Å². The number of rotatable bonds is 5. The molecule has 4 heteroatoms. The second-order valence-corrected chi connectivity index (χ2v) is 4.70. The summed E-state index contributed by atoms with van der Waals surface area (Å²) in [5.74, 6) is 0.590. The van der Waals surface area contributed by atoms with E-state index in [1.165, 1.54) is 6.92 Å². The fraction of sp³-hybridized carbons (Fsp3) is 0.294. The van der Waals surface area contributed by atoms with Crippen molar-refractivity contribution in [2.45, 2.75) is 27.3 Å². The molecule has 4 nitrogen and oxygen atoms in total. The lowest BCUT2D eigenvalue weighted by Gasteiger charge is -2.13. The molecule has 2 aromatic rings. The molecule has 0 aliphatic heterocycles. The average Bonchev–Trinajstić information content (AvgIpc) is 2.47. The van der Waals surface area contributed by atoms with Crippen molar-refractivity contribution in [3.63, 3.8) is 0 Å². The molecule has 1 aromatic heterocycles. The van der Waals surface area contributed by atoms with Crippen LogP contribution < -0.4 is 10.3 Å². The van der Waals surface area contributed by atoms with Crippen molar-refractivity contribution in [3.05, 3.63) is 52.3 Å². The van der Waals surface area contributed by atoms with Gasteiger partial charge in [-0.25, -0.2) is 0 Å². The highest BCUT2D eigenvalue weighted by Crippen LogP contribution is 2.22. The van der Waals surface area contributed by atoms with Crippen molar-refractivity contribution in [3.8, 4) is 17.0 Å². The number of pyridine rings is 1. The highest BCUT2D eigenvalue weighted by molar-refractivity contribution is 5.94. The standard InChI is InChI=1S/C17H19NO3/c1-4-18-16(11-10-15(12(3)19)17(18)20)13-6-8-14(9-7-13)21-5-2/h6-11H,4-5H2,1-3H3. The monoisotopic (exact) mass is 285 g/mol. The minimum absolute atomic E-state index is 0.208. The van der Waals surface area contributed by atoms with Gasteiger partial charge >= 0.3 is 0 Å². The molecule has 0 radical (unpaired) electrons. The third-order valence-corrected chi connectivity index (χ3v) is 3.33. The van der Waals surface area contributed by atoms with Crippen LogP contribution in [0.15, 0.2) is 41.2 Å². The number of benzene rings is 1. The highest BCUT2D eigenvalue weighted by Gasteiger charge is 2.12. The van der Waals surface area contributed by atoms with E-state index in [1.54, 1.807) is 10.6 Å². The maximum atomic E-state index is 12.3. The summed E-state index contributed by atoms with van der Waals surface area (Å²) >= 11 is 0. The Balaban J connectivity index is 2.51. The van der Waals surface area contributed by atoms with Crippen LogP contribution in [0.5, 0.6) is 5.75 Å². The summed E-state index contributed by atoms with van der Waals surface area (Å²) in [6, 6.07) is 11.0. The fourth-order valence-corrected chi connectivity index (χ4v) is 2.30. The summed E-state index contributed by atoms with van der Waals surface area (Å²) in [4.78, 5) is 23.8. The van der Waals surface area contributed by atoms with Crippen LogP contribution in [0.1, 0.15) is 31.1 Å². The van der Waals surface area contributed by atoms with E-state index >= 15 is 0 Å². The fourth-order valence-electron chi connectivity index (χ4n) is 2.30. The van der Waals surface area contributed by atoms with Crippen molar-refractivity contribution >= 4 is 5.78 Å². The highest BCUT2D eigenvalue weighted by atomic mass is 16.5. The zero-order valence-electron chi connectivity index (χ0n) is 12.6. The van der Waals surface area contributed by atoms with Crippen molar-refractivity contribution in [1.29, 1.82) is 0 Å². The van der Waals surface area contributed by atoms with E-state index in [0.717, 1.165) is 17.0 Å². The molecule has 0 unspecified atom stereocenters. The summed E-state index contributed by atoms with van der Waals surface area (Å²) in [6.07, 6.45) is 0. The summed E-state index contributed by atoms with van der Waals surface area (Å²) in [6.45, 7) is 6.37. The molecule has 0 saturated carbocycles. The zero-order valence-corrected chi connectivity index (χ0v) is 12.6. The van der Waals surface area contributed by atoms with Crippen molar-refractivity contribution < 1.29 is 9.53 Å². The maximum Gasteiger partial charge on any atom is 0.261 e. The molecule has 1 aromatic carbocycles. The van der Waals surface area contributed by atoms with Crippen molar-refractivity contribution in [1.82, 2.24) is 4.57 Å². The number of Topliss-reactive ketones (excluding diaryl/α,β-unsaturated/α-hetero) is 1. The smallest absolute Gasteiger partial charge is 0.261 e. The first-order valence-electron chi connectivity index (χ1n) is 7.06. The van der Waals surface area contributed by atoms with Crippen LogP contribution in [-0.4, -0.2) is 17.0 Å². The molecular weight excluding hydrogens is 266 g/mol. The minimum atomic E-state index is -0.239. The van der Waals surface area contributed by atoms with Gasteiger partial charge in [0.15, 0.2) is 5.78 Å². The molecule has 21 heavy (non-hydrogen) atoms. The number of hydrogen-bond donors (Lipinski definition) is 0. The second-order valence-electron chi connectivity index (χ2n) is 4.70. The van der Waals surface area contributed by atoms with E-state index in [4.69, 9.17) is 4.74 Å². The Bertz CT molecular complexity index is 699. The Morgan fingerprint density at radius 1 is 1.10 bits per heavy atom. The van der Waals surface area contributed by atoms with Crippen molar-refractivity contribution in [2.75, 3.05) is 6.61 Å². The van der Waals surface area contributed by atoms with Gasteiger partial charge in [0.2, 0.25) is 0 Å². The van der Waals surface area contributed by atoms with Crippen molar-refractivity contribution in [2.24, 2.45) is 0 Å². The summed E-state index contributed by atoms with van der Waals surface area (Å²) in [5.41, 5.74) is 1.71. The lowest BCUT2D eigenvalue weighted by Crippen LogP contribution is -2.26. The Kier molecular flexibility index (Phi) is 4.58. The molecule has 0 saturated heterocycles. The lowest BCUT2D eigenvalue weighted by atomic mass is 10.1. The van der Waals surface area contributed by atoms with E-state index in [9.17, 15) is 9.59 Å². The van der Waals surface area contributed by atoms with Crippen LogP contribution in [0.3, 0.4) is 0 Å². The molecule has 0 aliphatic rings. The number of carbonyl (C=O) groups is 1. The SMILES string of the molecule is CCOc1ccc(-c2ccc(C(C)=O)c(=O)n2CC)cc1. The van der Waals surface area contributed by atoms with Gasteiger partial charge in [-0.3, -0.25) is 9.59 Å². The number of nitrogens with zero attached hydrogens (tertiary/aromatic N) is 1. The molecular formula is C17H19NO3. The van der Waals surface area contributed by atoms with Crippen LogP contribution in [0.2, 0.25) is 0 Å². The Morgan fingerprint density at radius 2 is 1.76 bits per heavy atom. The van der Waals surface area contributed by atoms with Gasteiger partial charge in [0, 0.05) is 6.54 Å². The van der Waals surface area contributed by atoms with Gasteiger partial charge in [-0.05, 0) is 62.7 Å². The van der Waals surface area contributed by atoms with E-state index in [0.29, 0.717) is 13.2 Å². The van der Waals surface area contributed by atoms with Gasteiger partial charge in [0.1, 0.15) is 5.75 Å². The first kappa shape index (κ1) is 15.0.